The number of hydrogen-bond acceptors (Lipinski definition) is 6. The zero-order valence-corrected chi connectivity index (χ0v) is 12.2. The van der Waals surface area contributed by atoms with Crippen molar-refractivity contribution in [3.8, 4) is 0 Å². The normalized spacial score (nSPS) is 17.1. The van der Waals surface area contributed by atoms with Crippen LogP contribution in [0.5, 0.6) is 0 Å². The van der Waals surface area contributed by atoms with Crippen LogP contribution < -0.4 is 0 Å². The average Bonchev–Trinajstić information content (AvgIpc) is 3.16. The Kier molecular flexibility index (Phi) is 8.51. The minimum atomic E-state index is -0.882. The molecule has 1 fully saturated rings. The van der Waals surface area contributed by atoms with Crippen molar-refractivity contribution < 1.29 is 28.9 Å². The van der Waals surface area contributed by atoms with Gasteiger partial charge in [-0.1, -0.05) is 13.2 Å². The molecule has 0 amide bonds. The van der Waals surface area contributed by atoms with E-state index in [9.17, 15) is 9.59 Å². The van der Waals surface area contributed by atoms with Gasteiger partial charge >= 0.3 is 11.9 Å². The van der Waals surface area contributed by atoms with Gasteiger partial charge in [0.05, 0.1) is 19.3 Å². The van der Waals surface area contributed by atoms with Crippen molar-refractivity contribution in [3.05, 3.63) is 24.3 Å². The highest BCUT2D eigenvalue weighted by molar-refractivity contribution is 5.87. The van der Waals surface area contributed by atoms with E-state index in [2.05, 4.69) is 20.1 Å². The molecule has 20 heavy (non-hydrogen) atoms. The first kappa shape index (κ1) is 18.3. The van der Waals surface area contributed by atoms with E-state index in [1.807, 2.05) is 0 Å². The molecule has 0 radical (unpaired) electrons. The molecule has 1 heterocycles. The monoisotopic (exact) mass is 286 g/mol. The number of hydrogen-bond donors (Lipinski definition) is 1. The third-order valence-electron chi connectivity index (χ3n) is 2.07. The predicted molar refractivity (Wildman–Crippen MR) is 73.0 cm³/mol. The second kappa shape index (κ2) is 9.28. The maximum atomic E-state index is 11.1. The van der Waals surface area contributed by atoms with E-state index in [1.54, 1.807) is 0 Å². The Bertz CT molecular complexity index is 370. The predicted octanol–water partition coefficient (Wildman–Crippen LogP) is 0.991. The molecule has 2 unspecified atom stereocenters. The topological polar surface area (TPSA) is 85.4 Å². The number of carbonyl (C=O) groups is 2. The van der Waals surface area contributed by atoms with E-state index < -0.39 is 24.6 Å². The van der Waals surface area contributed by atoms with Gasteiger partial charge in [-0.3, -0.25) is 0 Å². The first-order chi connectivity index (χ1) is 9.27. The highest BCUT2D eigenvalue weighted by Crippen LogP contribution is 2.04. The Morgan fingerprint density at radius 2 is 1.75 bits per heavy atom. The van der Waals surface area contributed by atoms with Gasteiger partial charge in [0.15, 0.2) is 6.10 Å². The summed E-state index contributed by atoms with van der Waals surface area (Å²) in [6, 6.07) is 0. The van der Waals surface area contributed by atoms with Crippen LogP contribution in [0.4, 0.5) is 0 Å². The van der Waals surface area contributed by atoms with Crippen molar-refractivity contribution >= 4 is 11.9 Å². The summed E-state index contributed by atoms with van der Waals surface area (Å²) in [5.41, 5.74) is 0.451. The maximum Gasteiger partial charge on any atom is 0.333 e. The summed E-state index contributed by atoms with van der Waals surface area (Å²) in [5.74, 6) is -1.23. The van der Waals surface area contributed by atoms with Crippen LogP contribution in [0.15, 0.2) is 24.3 Å². The van der Waals surface area contributed by atoms with Gasteiger partial charge in [-0.2, -0.15) is 0 Å². The molecule has 0 aliphatic carbocycles. The van der Waals surface area contributed by atoms with Gasteiger partial charge < -0.3 is 19.3 Å². The molecular formula is C14H22O6. The molecule has 0 bridgehead atoms. The second-order valence-electron chi connectivity index (χ2n) is 4.51. The molecule has 0 spiro atoms. The molecule has 1 N–H and O–H groups in total. The molecule has 1 saturated heterocycles. The third-order valence-corrected chi connectivity index (χ3v) is 2.07. The van der Waals surface area contributed by atoms with E-state index in [0.717, 1.165) is 6.61 Å². The lowest BCUT2D eigenvalue weighted by atomic mass is 10.3. The molecule has 1 aliphatic heterocycles. The first-order valence-corrected chi connectivity index (χ1v) is 6.19. The number of esters is 2. The maximum absolute atomic E-state index is 11.1. The van der Waals surface area contributed by atoms with E-state index >= 15 is 0 Å². The van der Waals surface area contributed by atoms with Crippen molar-refractivity contribution in [3.63, 3.8) is 0 Å². The molecule has 6 nitrogen and oxygen atoms in total. The minimum absolute atomic E-state index is 0.207. The second-order valence-corrected chi connectivity index (χ2v) is 4.51. The van der Waals surface area contributed by atoms with E-state index in [1.165, 1.54) is 13.8 Å². The number of aliphatic hydroxyl groups is 1. The van der Waals surface area contributed by atoms with Crippen molar-refractivity contribution in [2.24, 2.45) is 0 Å². The standard InChI is InChI=1S/C11H16O5.C3H6O/c1-7(2)10(13)15-6-9(5-12)16-11(14)8(3)4;1-3-2-4-3/h9,12H,1,3,5-6H2,2,4H3;3H,2H2,1H3. The fraction of sp³-hybridized carbons (Fsp3) is 0.571. The van der Waals surface area contributed by atoms with E-state index in [-0.39, 0.29) is 17.8 Å². The lowest BCUT2D eigenvalue weighted by molar-refractivity contribution is -0.156. The summed E-state index contributed by atoms with van der Waals surface area (Å²) < 4.78 is 14.2. The van der Waals surface area contributed by atoms with Gasteiger partial charge in [0, 0.05) is 11.1 Å². The molecule has 0 aromatic heterocycles. The van der Waals surface area contributed by atoms with Crippen molar-refractivity contribution in [2.75, 3.05) is 19.8 Å². The molecule has 114 valence electrons. The van der Waals surface area contributed by atoms with Gasteiger partial charge in [-0.15, -0.1) is 0 Å². The molecule has 0 aromatic carbocycles. The van der Waals surface area contributed by atoms with Gasteiger partial charge in [0.1, 0.15) is 6.61 Å². The van der Waals surface area contributed by atoms with Crippen LogP contribution in [-0.2, 0) is 23.8 Å². The van der Waals surface area contributed by atoms with Gasteiger partial charge in [-0.05, 0) is 20.8 Å². The van der Waals surface area contributed by atoms with Crippen LogP contribution in [0.3, 0.4) is 0 Å². The molecule has 1 aliphatic rings. The third kappa shape index (κ3) is 9.29. The Balaban J connectivity index is 0.000000760. The summed E-state index contributed by atoms with van der Waals surface area (Å²) in [6.45, 7) is 12.2. The molecule has 0 saturated carbocycles. The molecule has 6 heteroatoms. The average molecular weight is 286 g/mol. The smallest absolute Gasteiger partial charge is 0.333 e. The minimum Gasteiger partial charge on any atom is -0.458 e. The summed E-state index contributed by atoms with van der Waals surface area (Å²) in [4.78, 5) is 22.1. The molecule has 2 atom stereocenters. The van der Waals surface area contributed by atoms with Gasteiger partial charge in [-0.25, -0.2) is 9.59 Å². The number of carbonyl (C=O) groups excluding carboxylic acids is 2. The van der Waals surface area contributed by atoms with Crippen molar-refractivity contribution in [2.45, 2.75) is 33.0 Å². The van der Waals surface area contributed by atoms with Gasteiger partial charge in [0.2, 0.25) is 0 Å². The first-order valence-electron chi connectivity index (χ1n) is 6.19. The fourth-order valence-corrected chi connectivity index (χ4v) is 0.764. The highest BCUT2D eigenvalue weighted by Gasteiger charge is 2.16. The highest BCUT2D eigenvalue weighted by atomic mass is 16.6. The largest absolute Gasteiger partial charge is 0.458 e. The summed E-state index contributed by atoms with van der Waals surface area (Å²) in [5, 5.41) is 8.89. The zero-order valence-electron chi connectivity index (χ0n) is 12.2. The summed E-state index contributed by atoms with van der Waals surface area (Å²) >= 11 is 0. The van der Waals surface area contributed by atoms with E-state index in [0.29, 0.717) is 6.10 Å². The van der Waals surface area contributed by atoms with Crippen LogP contribution >= 0.6 is 0 Å². The Morgan fingerprint density at radius 1 is 1.30 bits per heavy atom. The quantitative estimate of drug-likeness (QED) is 0.445. The molecular weight excluding hydrogens is 264 g/mol. The number of rotatable bonds is 6. The Hall–Kier alpha value is -1.66. The van der Waals surface area contributed by atoms with Crippen LogP contribution in [0.1, 0.15) is 20.8 Å². The summed E-state index contributed by atoms with van der Waals surface area (Å²) in [6.07, 6.45) is -0.299. The van der Waals surface area contributed by atoms with E-state index in [4.69, 9.17) is 19.3 Å². The zero-order chi connectivity index (χ0) is 15.7. The van der Waals surface area contributed by atoms with Gasteiger partial charge in [0.25, 0.3) is 0 Å². The number of epoxide rings is 1. The summed E-state index contributed by atoms with van der Waals surface area (Å²) in [7, 11) is 0. The van der Waals surface area contributed by atoms with Crippen molar-refractivity contribution in [1.29, 1.82) is 0 Å². The van der Waals surface area contributed by atoms with Crippen LogP contribution in [0.2, 0.25) is 0 Å². The van der Waals surface area contributed by atoms with Crippen LogP contribution in [0.25, 0.3) is 0 Å². The SMILES string of the molecule is C=C(C)C(=O)OCC(CO)OC(=O)C(=C)C.CC1CO1. The lowest BCUT2D eigenvalue weighted by Gasteiger charge is -2.15. The molecule has 0 aromatic rings. The molecule has 1 rings (SSSR count). The Morgan fingerprint density at radius 3 is 2.05 bits per heavy atom. The fourth-order valence-electron chi connectivity index (χ4n) is 0.764. The Labute approximate surface area is 119 Å². The number of ether oxygens (including phenoxy) is 3. The van der Waals surface area contributed by atoms with Crippen LogP contribution in [-0.4, -0.2) is 49.1 Å². The van der Waals surface area contributed by atoms with Crippen LogP contribution in [0, 0.1) is 0 Å². The van der Waals surface area contributed by atoms with Crippen molar-refractivity contribution in [1.82, 2.24) is 0 Å². The lowest BCUT2D eigenvalue weighted by Crippen LogP contribution is -2.28. The number of aliphatic hydroxyl groups excluding tert-OH is 1.